The minimum Gasteiger partial charge on any atom is -0.294 e. The first-order valence-corrected chi connectivity index (χ1v) is 5.81. The maximum atomic E-state index is 12.1. The summed E-state index contributed by atoms with van der Waals surface area (Å²) >= 11 is 0. The molecule has 1 heterocycles. The van der Waals surface area contributed by atoms with Gasteiger partial charge in [-0.15, -0.1) is 0 Å². The van der Waals surface area contributed by atoms with Crippen molar-refractivity contribution in [2.24, 2.45) is 0 Å². The van der Waals surface area contributed by atoms with Gasteiger partial charge in [0.1, 0.15) is 0 Å². The second kappa shape index (κ2) is 4.60. The lowest BCUT2D eigenvalue weighted by atomic mass is 9.83. The van der Waals surface area contributed by atoms with E-state index in [1.54, 1.807) is 12.3 Å². The predicted octanol–water partition coefficient (Wildman–Crippen LogP) is 3.04. The summed E-state index contributed by atoms with van der Waals surface area (Å²) in [5, 5.41) is 0. The van der Waals surface area contributed by atoms with Gasteiger partial charge in [0.05, 0.1) is 11.6 Å². The molecule has 1 aliphatic carbocycles. The number of aryl methyl sites for hydroxylation is 1. The summed E-state index contributed by atoms with van der Waals surface area (Å²) in [5.41, 5.74) is 3.30. The summed E-state index contributed by atoms with van der Waals surface area (Å²) in [4.78, 5) is 16.4. The molecule has 1 aromatic rings. The van der Waals surface area contributed by atoms with E-state index in [0.717, 1.165) is 30.5 Å². The van der Waals surface area contributed by atoms with Crippen molar-refractivity contribution in [1.82, 2.24) is 4.98 Å². The van der Waals surface area contributed by atoms with Crippen LogP contribution in [0, 0.1) is 0 Å². The molecule has 0 aliphatic heterocycles. The Morgan fingerprint density at radius 3 is 3.06 bits per heavy atom. The number of carbonyl (C=O) groups is 1. The minimum absolute atomic E-state index is 0.0140. The van der Waals surface area contributed by atoms with Crippen molar-refractivity contribution >= 4 is 5.78 Å². The molecule has 84 valence electrons. The minimum atomic E-state index is -0.0140. The van der Waals surface area contributed by atoms with Crippen LogP contribution in [0.2, 0.25) is 0 Å². The van der Waals surface area contributed by atoms with Gasteiger partial charge in [-0.25, -0.2) is 0 Å². The zero-order chi connectivity index (χ0) is 11.5. The molecular weight excluding hydrogens is 198 g/mol. The van der Waals surface area contributed by atoms with E-state index >= 15 is 0 Å². The number of aromatic nitrogens is 1. The normalized spacial score (nSPS) is 18.8. The second-order valence-electron chi connectivity index (χ2n) is 4.62. The van der Waals surface area contributed by atoms with Crippen LogP contribution in [0.5, 0.6) is 0 Å². The van der Waals surface area contributed by atoms with Crippen molar-refractivity contribution < 1.29 is 4.79 Å². The zero-order valence-corrected chi connectivity index (χ0v) is 9.86. The van der Waals surface area contributed by atoms with E-state index in [9.17, 15) is 4.79 Å². The van der Waals surface area contributed by atoms with Gasteiger partial charge in [0.25, 0.3) is 0 Å². The first kappa shape index (κ1) is 11.1. The fraction of sp³-hybridized carbons (Fsp3) is 0.429. The third-order valence-electron chi connectivity index (χ3n) is 2.97. The van der Waals surface area contributed by atoms with Gasteiger partial charge >= 0.3 is 0 Å². The lowest BCUT2D eigenvalue weighted by molar-refractivity contribution is -0.116. The predicted molar refractivity (Wildman–Crippen MR) is 64.4 cm³/mol. The monoisotopic (exact) mass is 215 g/mol. The first-order valence-electron chi connectivity index (χ1n) is 5.81. The summed E-state index contributed by atoms with van der Waals surface area (Å²) in [5.74, 6) is 0.194. The molecule has 0 fully saturated rings. The summed E-state index contributed by atoms with van der Waals surface area (Å²) in [7, 11) is 0. The quantitative estimate of drug-likeness (QED) is 0.710. The van der Waals surface area contributed by atoms with Gasteiger partial charge in [0, 0.05) is 6.20 Å². The van der Waals surface area contributed by atoms with Crippen LogP contribution in [0.4, 0.5) is 0 Å². The fourth-order valence-corrected chi connectivity index (χ4v) is 2.27. The van der Waals surface area contributed by atoms with Crippen LogP contribution in [0.1, 0.15) is 43.9 Å². The van der Waals surface area contributed by atoms with Gasteiger partial charge < -0.3 is 0 Å². The Bertz CT molecular complexity index is 430. The number of allylic oxidation sites excluding steroid dienone is 2. The van der Waals surface area contributed by atoms with Crippen molar-refractivity contribution in [3.8, 4) is 0 Å². The number of fused-ring (bicyclic) bond motifs is 1. The highest BCUT2D eigenvalue weighted by Crippen LogP contribution is 2.30. The average Bonchev–Trinajstić information content (AvgIpc) is 2.27. The SMILES string of the molecule is CC(C)=CC(=O)C1CCCc2cccnc21. The molecule has 0 saturated heterocycles. The molecule has 1 aromatic heterocycles. The fourth-order valence-electron chi connectivity index (χ4n) is 2.27. The molecule has 0 spiro atoms. The molecule has 2 heteroatoms. The Kier molecular flexibility index (Phi) is 3.18. The van der Waals surface area contributed by atoms with Crippen LogP contribution in [0.25, 0.3) is 0 Å². The molecule has 0 amide bonds. The van der Waals surface area contributed by atoms with Gasteiger partial charge in [-0.2, -0.15) is 0 Å². The number of nitrogens with zero attached hydrogens (tertiary/aromatic N) is 1. The highest BCUT2D eigenvalue weighted by Gasteiger charge is 2.25. The molecular formula is C14H17NO. The van der Waals surface area contributed by atoms with Crippen LogP contribution >= 0.6 is 0 Å². The van der Waals surface area contributed by atoms with Gasteiger partial charge in [0.15, 0.2) is 5.78 Å². The maximum Gasteiger partial charge on any atom is 0.164 e. The molecule has 0 saturated carbocycles. The summed E-state index contributed by atoms with van der Waals surface area (Å²) in [6, 6.07) is 4.04. The van der Waals surface area contributed by atoms with Crippen LogP contribution in [0.15, 0.2) is 30.0 Å². The summed E-state index contributed by atoms with van der Waals surface area (Å²) < 4.78 is 0. The van der Waals surface area contributed by atoms with Gasteiger partial charge in [0.2, 0.25) is 0 Å². The lowest BCUT2D eigenvalue weighted by Gasteiger charge is -2.22. The summed E-state index contributed by atoms with van der Waals surface area (Å²) in [6.07, 6.45) is 6.61. The number of hydrogen-bond acceptors (Lipinski definition) is 2. The van der Waals surface area contributed by atoms with E-state index in [0.29, 0.717) is 0 Å². The Hall–Kier alpha value is -1.44. The van der Waals surface area contributed by atoms with Crippen molar-refractivity contribution in [2.45, 2.75) is 39.0 Å². The van der Waals surface area contributed by atoms with E-state index in [4.69, 9.17) is 0 Å². The zero-order valence-electron chi connectivity index (χ0n) is 9.86. The van der Waals surface area contributed by atoms with Crippen molar-refractivity contribution in [3.05, 3.63) is 41.2 Å². The van der Waals surface area contributed by atoms with Gasteiger partial charge in [-0.05, 0) is 50.8 Å². The van der Waals surface area contributed by atoms with Crippen molar-refractivity contribution in [3.63, 3.8) is 0 Å². The maximum absolute atomic E-state index is 12.1. The Morgan fingerprint density at radius 1 is 1.50 bits per heavy atom. The number of carbonyl (C=O) groups excluding carboxylic acids is 1. The number of hydrogen-bond donors (Lipinski definition) is 0. The van der Waals surface area contributed by atoms with E-state index in [1.165, 1.54) is 5.56 Å². The standard InChI is InChI=1S/C14H17NO/c1-10(2)9-13(16)12-7-3-5-11-6-4-8-15-14(11)12/h4,6,8-9,12H,3,5,7H2,1-2H3. The van der Waals surface area contributed by atoms with E-state index in [1.807, 2.05) is 19.9 Å². The van der Waals surface area contributed by atoms with Crippen LogP contribution in [0.3, 0.4) is 0 Å². The molecule has 16 heavy (non-hydrogen) atoms. The van der Waals surface area contributed by atoms with E-state index < -0.39 is 0 Å². The smallest absolute Gasteiger partial charge is 0.164 e. The average molecular weight is 215 g/mol. The number of pyridine rings is 1. The molecule has 0 bridgehead atoms. The Balaban J connectivity index is 2.32. The van der Waals surface area contributed by atoms with Gasteiger partial charge in [-0.3, -0.25) is 9.78 Å². The van der Waals surface area contributed by atoms with Crippen molar-refractivity contribution in [1.29, 1.82) is 0 Å². The van der Waals surface area contributed by atoms with Crippen LogP contribution in [-0.4, -0.2) is 10.8 Å². The molecule has 0 radical (unpaired) electrons. The molecule has 1 unspecified atom stereocenters. The molecule has 0 aromatic carbocycles. The molecule has 0 N–H and O–H groups in total. The molecule has 1 atom stereocenters. The highest BCUT2D eigenvalue weighted by molar-refractivity contribution is 5.95. The summed E-state index contributed by atoms with van der Waals surface area (Å²) in [6.45, 7) is 3.92. The molecule has 2 rings (SSSR count). The highest BCUT2D eigenvalue weighted by atomic mass is 16.1. The van der Waals surface area contributed by atoms with E-state index in [-0.39, 0.29) is 11.7 Å². The Morgan fingerprint density at radius 2 is 2.31 bits per heavy atom. The largest absolute Gasteiger partial charge is 0.294 e. The third-order valence-corrected chi connectivity index (χ3v) is 2.97. The van der Waals surface area contributed by atoms with Crippen molar-refractivity contribution in [2.75, 3.05) is 0 Å². The number of ketones is 1. The number of rotatable bonds is 2. The van der Waals surface area contributed by atoms with Crippen LogP contribution in [-0.2, 0) is 11.2 Å². The lowest BCUT2D eigenvalue weighted by Crippen LogP contribution is -2.18. The molecule has 2 nitrogen and oxygen atoms in total. The third kappa shape index (κ3) is 2.21. The second-order valence-corrected chi connectivity index (χ2v) is 4.62. The van der Waals surface area contributed by atoms with Crippen LogP contribution < -0.4 is 0 Å². The first-order chi connectivity index (χ1) is 7.68. The molecule has 1 aliphatic rings. The topological polar surface area (TPSA) is 30.0 Å². The van der Waals surface area contributed by atoms with Gasteiger partial charge in [-0.1, -0.05) is 11.6 Å². The Labute approximate surface area is 96.4 Å². The van der Waals surface area contributed by atoms with E-state index in [2.05, 4.69) is 11.1 Å².